The van der Waals surface area contributed by atoms with Crippen molar-refractivity contribution in [3.8, 4) is 0 Å². The maximum absolute atomic E-state index is 5.42. The second-order valence-electron chi connectivity index (χ2n) is 3.29. The Bertz CT molecular complexity index is 425. The van der Waals surface area contributed by atoms with Crippen LogP contribution in [-0.2, 0) is 0 Å². The average Bonchev–Trinajstić information content (AvgIpc) is 2.72. The number of halogens is 1. The third-order valence-electron chi connectivity index (χ3n) is 2.30. The molecule has 0 radical (unpaired) electrons. The molecule has 2 aromatic rings. The Morgan fingerprint density at radius 1 is 1.27 bits per heavy atom. The Morgan fingerprint density at radius 3 is 2.73 bits per heavy atom. The molecule has 1 N–H and O–H groups in total. The predicted octanol–water partition coefficient (Wildman–Crippen LogP) is 3.19. The van der Waals surface area contributed by atoms with E-state index < -0.39 is 0 Å². The van der Waals surface area contributed by atoms with Gasteiger partial charge in [-0.2, -0.15) is 0 Å². The van der Waals surface area contributed by atoms with Gasteiger partial charge in [0.25, 0.3) is 0 Å². The molecule has 2 rings (SSSR count). The first-order valence-corrected chi connectivity index (χ1v) is 5.85. The fourth-order valence-corrected chi connectivity index (χ4v) is 2.18. The van der Waals surface area contributed by atoms with Crippen molar-refractivity contribution in [3.05, 3.63) is 57.6 Å². The summed E-state index contributed by atoms with van der Waals surface area (Å²) >= 11 is 2.31. The van der Waals surface area contributed by atoms with Crippen molar-refractivity contribution in [2.24, 2.45) is 0 Å². The highest BCUT2D eigenvalue weighted by Crippen LogP contribution is 2.23. The zero-order valence-electron chi connectivity index (χ0n) is 8.41. The zero-order chi connectivity index (χ0) is 10.7. The van der Waals surface area contributed by atoms with Crippen molar-refractivity contribution < 1.29 is 4.42 Å². The molecule has 0 aliphatic rings. The summed E-state index contributed by atoms with van der Waals surface area (Å²) in [5, 5.41) is 3.25. The Morgan fingerprint density at radius 2 is 2.13 bits per heavy atom. The second-order valence-corrected chi connectivity index (χ2v) is 4.54. The highest BCUT2D eigenvalue weighted by atomic mass is 127. The molecule has 0 aliphatic carbocycles. The van der Waals surface area contributed by atoms with Gasteiger partial charge in [0.2, 0.25) is 0 Å². The minimum absolute atomic E-state index is 0.134. The summed E-state index contributed by atoms with van der Waals surface area (Å²) in [7, 11) is 1.94. The third-order valence-corrected chi connectivity index (χ3v) is 2.97. The van der Waals surface area contributed by atoms with Crippen LogP contribution in [0.5, 0.6) is 0 Å². The number of rotatable bonds is 3. The molecule has 0 bridgehead atoms. The molecule has 15 heavy (non-hydrogen) atoms. The minimum atomic E-state index is 0.134. The van der Waals surface area contributed by atoms with Crippen LogP contribution in [-0.4, -0.2) is 7.05 Å². The van der Waals surface area contributed by atoms with Crippen LogP contribution >= 0.6 is 22.6 Å². The fraction of sp³-hybridized carbons (Fsp3) is 0.167. The number of hydrogen-bond acceptors (Lipinski definition) is 2. The van der Waals surface area contributed by atoms with Gasteiger partial charge in [0.05, 0.1) is 12.3 Å². The lowest BCUT2D eigenvalue weighted by molar-refractivity contribution is 0.463. The van der Waals surface area contributed by atoms with Crippen molar-refractivity contribution in [3.63, 3.8) is 0 Å². The van der Waals surface area contributed by atoms with E-state index in [0.29, 0.717) is 0 Å². The van der Waals surface area contributed by atoms with E-state index in [2.05, 4.69) is 52.2 Å². The molecule has 0 amide bonds. The lowest BCUT2D eigenvalue weighted by atomic mass is 10.1. The molecule has 1 unspecified atom stereocenters. The standard InChI is InChI=1S/C12H12INO/c1-14-12(11-6-3-7-15-11)9-4-2-5-10(13)8-9/h2-8,12,14H,1H3. The number of hydrogen-bond donors (Lipinski definition) is 1. The summed E-state index contributed by atoms with van der Waals surface area (Å²) in [6, 6.07) is 12.4. The summed E-state index contributed by atoms with van der Waals surface area (Å²) in [5.41, 5.74) is 1.22. The zero-order valence-corrected chi connectivity index (χ0v) is 10.6. The first kappa shape index (κ1) is 10.7. The number of nitrogens with one attached hydrogen (secondary N) is 1. The van der Waals surface area contributed by atoms with E-state index in [1.807, 2.05) is 19.2 Å². The molecule has 0 aliphatic heterocycles. The normalized spacial score (nSPS) is 12.7. The topological polar surface area (TPSA) is 25.2 Å². The van der Waals surface area contributed by atoms with Crippen LogP contribution in [0.4, 0.5) is 0 Å². The summed E-state index contributed by atoms with van der Waals surface area (Å²) in [4.78, 5) is 0. The van der Waals surface area contributed by atoms with Gasteiger partial charge in [0.1, 0.15) is 5.76 Å². The van der Waals surface area contributed by atoms with Crippen LogP contribution in [0.25, 0.3) is 0 Å². The summed E-state index contributed by atoms with van der Waals surface area (Å²) in [6.45, 7) is 0. The van der Waals surface area contributed by atoms with E-state index in [-0.39, 0.29) is 6.04 Å². The van der Waals surface area contributed by atoms with Gasteiger partial charge in [-0.3, -0.25) is 0 Å². The molecule has 1 aromatic carbocycles. The van der Waals surface area contributed by atoms with Crippen LogP contribution < -0.4 is 5.32 Å². The molecule has 0 saturated heterocycles. The SMILES string of the molecule is CNC(c1cccc(I)c1)c1ccco1. The van der Waals surface area contributed by atoms with Gasteiger partial charge < -0.3 is 9.73 Å². The summed E-state index contributed by atoms with van der Waals surface area (Å²) in [6.07, 6.45) is 1.70. The van der Waals surface area contributed by atoms with Crippen molar-refractivity contribution in [2.75, 3.05) is 7.05 Å². The molecule has 0 fully saturated rings. The van der Waals surface area contributed by atoms with Crippen LogP contribution in [0.2, 0.25) is 0 Å². The molecule has 0 spiro atoms. The Balaban J connectivity index is 2.35. The lowest BCUT2D eigenvalue weighted by Gasteiger charge is -2.14. The first-order valence-electron chi connectivity index (χ1n) is 4.77. The van der Waals surface area contributed by atoms with Gasteiger partial charge in [0.15, 0.2) is 0 Å². The van der Waals surface area contributed by atoms with Crippen LogP contribution in [0, 0.1) is 3.57 Å². The smallest absolute Gasteiger partial charge is 0.125 e. The lowest BCUT2D eigenvalue weighted by Crippen LogP contribution is -2.16. The van der Waals surface area contributed by atoms with Crippen LogP contribution in [0.1, 0.15) is 17.4 Å². The Hall–Kier alpha value is -0.810. The van der Waals surface area contributed by atoms with Gasteiger partial charge in [-0.25, -0.2) is 0 Å². The highest BCUT2D eigenvalue weighted by Gasteiger charge is 2.14. The maximum Gasteiger partial charge on any atom is 0.125 e. The van der Waals surface area contributed by atoms with E-state index in [9.17, 15) is 0 Å². The Labute approximate surface area is 103 Å². The van der Waals surface area contributed by atoms with Gasteiger partial charge in [-0.1, -0.05) is 12.1 Å². The Kier molecular flexibility index (Phi) is 3.43. The molecule has 1 heterocycles. The predicted molar refractivity (Wildman–Crippen MR) is 68.8 cm³/mol. The largest absolute Gasteiger partial charge is 0.467 e. The van der Waals surface area contributed by atoms with Gasteiger partial charge in [0, 0.05) is 3.57 Å². The minimum Gasteiger partial charge on any atom is -0.467 e. The van der Waals surface area contributed by atoms with Crippen LogP contribution in [0.3, 0.4) is 0 Å². The van der Waals surface area contributed by atoms with Gasteiger partial charge in [-0.05, 0) is 59.5 Å². The van der Waals surface area contributed by atoms with Crippen LogP contribution in [0.15, 0.2) is 47.1 Å². The molecule has 1 aromatic heterocycles. The van der Waals surface area contributed by atoms with Crippen molar-refractivity contribution in [1.82, 2.24) is 5.32 Å². The number of benzene rings is 1. The molecule has 1 atom stereocenters. The molecule has 0 saturated carbocycles. The van der Waals surface area contributed by atoms with E-state index in [4.69, 9.17) is 4.42 Å². The van der Waals surface area contributed by atoms with E-state index in [1.165, 1.54) is 9.13 Å². The molecule has 3 heteroatoms. The van der Waals surface area contributed by atoms with Crippen molar-refractivity contribution in [2.45, 2.75) is 6.04 Å². The second kappa shape index (κ2) is 4.81. The van der Waals surface area contributed by atoms with Gasteiger partial charge >= 0.3 is 0 Å². The van der Waals surface area contributed by atoms with Gasteiger partial charge in [-0.15, -0.1) is 0 Å². The monoisotopic (exact) mass is 313 g/mol. The summed E-state index contributed by atoms with van der Waals surface area (Å²) in [5.74, 6) is 0.944. The molecule has 2 nitrogen and oxygen atoms in total. The average molecular weight is 313 g/mol. The quantitative estimate of drug-likeness (QED) is 0.881. The fourth-order valence-electron chi connectivity index (χ4n) is 1.61. The van der Waals surface area contributed by atoms with E-state index >= 15 is 0 Å². The maximum atomic E-state index is 5.42. The summed E-state index contributed by atoms with van der Waals surface area (Å²) < 4.78 is 6.65. The number of furan rings is 1. The molecular formula is C12H12INO. The van der Waals surface area contributed by atoms with Crippen molar-refractivity contribution in [1.29, 1.82) is 0 Å². The van der Waals surface area contributed by atoms with E-state index in [0.717, 1.165) is 5.76 Å². The molecule has 78 valence electrons. The third kappa shape index (κ3) is 2.41. The highest BCUT2D eigenvalue weighted by molar-refractivity contribution is 14.1. The molecular weight excluding hydrogens is 301 g/mol. The first-order chi connectivity index (χ1) is 7.31. The van der Waals surface area contributed by atoms with Crippen molar-refractivity contribution >= 4 is 22.6 Å². The van der Waals surface area contributed by atoms with E-state index in [1.54, 1.807) is 6.26 Å².